The predicted molar refractivity (Wildman–Crippen MR) is 82.9 cm³/mol. The maximum absolute atomic E-state index is 5.62. The second-order valence-electron chi connectivity index (χ2n) is 7.75. The fourth-order valence-corrected chi connectivity index (χ4v) is 4.82. The largest absolute Gasteiger partial charge is 0.381 e. The van der Waals surface area contributed by atoms with E-state index in [9.17, 15) is 0 Å². The molecule has 0 radical (unpaired) electrons. The van der Waals surface area contributed by atoms with Crippen molar-refractivity contribution in [2.24, 2.45) is 11.3 Å². The smallest absolute Gasteiger partial charge is 0.0652 e. The molecular weight excluding hydrogens is 248 g/mol. The fraction of sp³-hybridized carbons (Fsp3) is 1.00. The third kappa shape index (κ3) is 2.65. The van der Waals surface area contributed by atoms with Crippen LogP contribution in [0.3, 0.4) is 0 Å². The molecule has 1 N–H and O–H groups in total. The number of methoxy groups -OCH3 is 1. The van der Waals surface area contributed by atoms with Gasteiger partial charge in [0.15, 0.2) is 0 Å². The summed E-state index contributed by atoms with van der Waals surface area (Å²) in [7, 11) is 1.87. The molecule has 1 aliphatic heterocycles. The minimum Gasteiger partial charge on any atom is -0.381 e. The van der Waals surface area contributed by atoms with Crippen LogP contribution in [0.1, 0.15) is 52.4 Å². The minimum atomic E-state index is 0.323. The molecule has 3 rings (SSSR count). The third-order valence-electron chi connectivity index (χ3n) is 6.31. The average molecular weight is 280 g/mol. The van der Waals surface area contributed by atoms with Gasteiger partial charge in [-0.15, -0.1) is 0 Å². The van der Waals surface area contributed by atoms with Gasteiger partial charge < -0.3 is 10.1 Å². The molecule has 3 unspecified atom stereocenters. The lowest BCUT2D eigenvalue weighted by atomic mass is 9.63. The first-order valence-corrected chi connectivity index (χ1v) is 8.63. The Kier molecular flexibility index (Phi) is 4.40. The van der Waals surface area contributed by atoms with Gasteiger partial charge in [0.1, 0.15) is 0 Å². The number of rotatable bonds is 3. The van der Waals surface area contributed by atoms with E-state index in [0.29, 0.717) is 11.5 Å². The molecule has 0 aromatic carbocycles. The van der Waals surface area contributed by atoms with Crippen molar-refractivity contribution in [3.63, 3.8) is 0 Å². The second kappa shape index (κ2) is 5.94. The Bertz CT molecular complexity index is 325. The van der Waals surface area contributed by atoms with E-state index in [1.54, 1.807) is 0 Å². The summed E-state index contributed by atoms with van der Waals surface area (Å²) in [5.41, 5.74) is 0.323. The minimum absolute atomic E-state index is 0.323. The SMILES string of the molecule is COC1CC(N2CCNC(C3CCCCC3)C2)C1(C)C. The van der Waals surface area contributed by atoms with Crippen molar-refractivity contribution in [3.8, 4) is 0 Å². The Morgan fingerprint density at radius 1 is 1.15 bits per heavy atom. The van der Waals surface area contributed by atoms with Gasteiger partial charge in [-0.1, -0.05) is 33.1 Å². The zero-order chi connectivity index (χ0) is 14.2. The number of hydrogen-bond donors (Lipinski definition) is 1. The van der Waals surface area contributed by atoms with E-state index in [1.807, 2.05) is 7.11 Å². The maximum atomic E-state index is 5.62. The molecule has 2 saturated carbocycles. The quantitative estimate of drug-likeness (QED) is 0.860. The Morgan fingerprint density at radius 3 is 2.55 bits per heavy atom. The third-order valence-corrected chi connectivity index (χ3v) is 6.31. The Balaban J connectivity index is 1.58. The van der Waals surface area contributed by atoms with Crippen molar-refractivity contribution in [3.05, 3.63) is 0 Å². The van der Waals surface area contributed by atoms with E-state index in [2.05, 4.69) is 24.1 Å². The molecule has 0 amide bonds. The fourth-order valence-electron chi connectivity index (χ4n) is 4.82. The zero-order valence-corrected chi connectivity index (χ0v) is 13.5. The molecule has 3 atom stereocenters. The number of hydrogen-bond acceptors (Lipinski definition) is 3. The van der Waals surface area contributed by atoms with Crippen LogP contribution in [0.5, 0.6) is 0 Å². The van der Waals surface area contributed by atoms with Gasteiger partial charge in [-0.3, -0.25) is 4.90 Å². The average Bonchev–Trinajstić information content (AvgIpc) is 2.48. The first kappa shape index (κ1) is 14.8. The van der Waals surface area contributed by atoms with Crippen molar-refractivity contribution in [2.45, 2.75) is 70.6 Å². The molecule has 2 aliphatic carbocycles. The molecule has 0 spiro atoms. The van der Waals surface area contributed by atoms with E-state index in [4.69, 9.17) is 4.74 Å². The number of nitrogens with one attached hydrogen (secondary N) is 1. The molecular formula is C17H32N2O. The molecule has 20 heavy (non-hydrogen) atoms. The van der Waals surface area contributed by atoms with Crippen molar-refractivity contribution < 1.29 is 4.74 Å². The van der Waals surface area contributed by atoms with Crippen LogP contribution in [-0.4, -0.2) is 49.8 Å². The summed E-state index contributed by atoms with van der Waals surface area (Å²) in [5, 5.41) is 3.80. The number of ether oxygens (including phenoxy) is 1. The Morgan fingerprint density at radius 2 is 1.90 bits per heavy atom. The lowest BCUT2D eigenvalue weighted by Gasteiger charge is -2.57. The first-order valence-electron chi connectivity index (χ1n) is 8.63. The first-order chi connectivity index (χ1) is 9.63. The summed E-state index contributed by atoms with van der Waals surface area (Å²) in [6.45, 7) is 8.41. The molecule has 0 bridgehead atoms. The van der Waals surface area contributed by atoms with Crippen molar-refractivity contribution >= 4 is 0 Å². The van der Waals surface area contributed by atoms with Gasteiger partial charge in [-0.05, 0) is 25.2 Å². The molecule has 3 heteroatoms. The molecule has 3 aliphatic rings. The molecule has 0 aromatic heterocycles. The van der Waals surface area contributed by atoms with E-state index in [-0.39, 0.29) is 0 Å². The molecule has 1 heterocycles. The van der Waals surface area contributed by atoms with Gasteiger partial charge in [0, 0.05) is 44.2 Å². The van der Waals surface area contributed by atoms with Gasteiger partial charge in [0.25, 0.3) is 0 Å². The summed E-state index contributed by atoms with van der Waals surface area (Å²) in [6.07, 6.45) is 8.92. The lowest BCUT2D eigenvalue weighted by Crippen LogP contribution is -2.66. The maximum Gasteiger partial charge on any atom is 0.0652 e. The molecule has 0 aromatic rings. The van der Waals surface area contributed by atoms with Gasteiger partial charge in [0.2, 0.25) is 0 Å². The zero-order valence-electron chi connectivity index (χ0n) is 13.5. The van der Waals surface area contributed by atoms with Crippen molar-refractivity contribution in [1.29, 1.82) is 0 Å². The van der Waals surface area contributed by atoms with Gasteiger partial charge >= 0.3 is 0 Å². The molecule has 3 nitrogen and oxygen atoms in total. The summed E-state index contributed by atoms with van der Waals surface area (Å²) >= 11 is 0. The van der Waals surface area contributed by atoms with Crippen LogP contribution in [0.4, 0.5) is 0 Å². The van der Waals surface area contributed by atoms with Gasteiger partial charge in [0.05, 0.1) is 6.10 Å². The Labute approximate surface area is 124 Å². The van der Waals surface area contributed by atoms with E-state index in [1.165, 1.54) is 58.2 Å². The summed E-state index contributed by atoms with van der Waals surface area (Å²) in [4.78, 5) is 2.76. The summed E-state index contributed by atoms with van der Waals surface area (Å²) in [5.74, 6) is 0.924. The highest BCUT2D eigenvalue weighted by Gasteiger charge is 2.51. The number of piperazine rings is 1. The van der Waals surface area contributed by atoms with E-state index in [0.717, 1.165) is 18.0 Å². The van der Waals surface area contributed by atoms with Crippen LogP contribution in [0, 0.1) is 11.3 Å². The molecule has 1 saturated heterocycles. The summed E-state index contributed by atoms with van der Waals surface area (Å²) < 4.78 is 5.62. The van der Waals surface area contributed by atoms with Crippen LogP contribution >= 0.6 is 0 Å². The van der Waals surface area contributed by atoms with E-state index >= 15 is 0 Å². The van der Waals surface area contributed by atoms with Crippen LogP contribution in [0.25, 0.3) is 0 Å². The monoisotopic (exact) mass is 280 g/mol. The van der Waals surface area contributed by atoms with Gasteiger partial charge in [-0.2, -0.15) is 0 Å². The van der Waals surface area contributed by atoms with E-state index < -0.39 is 0 Å². The van der Waals surface area contributed by atoms with Crippen LogP contribution < -0.4 is 5.32 Å². The topological polar surface area (TPSA) is 24.5 Å². The second-order valence-corrected chi connectivity index (χ2v) is 7.75. The standard InChI is InChI=1S/C17H32N2O/c1-17(2)15(11-16(17)20-3)19-10-9-18-14(12-19)13-7-5-4-6-8-13/h13-16,18H,4-12H2,1-3H3. The highest BCUT2D eigenvalue weighted by molar-refractivity contribution is 5.05. The highest BCUT2D eigenvalue weighted by Crippen LogP contribution is 2.46. The lowest BCUT2D eigenvalue weighted by molar-refractivity contribution is -0.143. The molecule has 3 fully saturated rings. The highest BCUT2D eigenvalue weighted by atomic mass is 16.5. The number of nitrogens with zero attached hydrogens (tertiary/aromatic N) is 1. The van der Waals surface area contributed by atoms with Crippen LogP contribution in [0.2, 0.25) is 0 Å². The predicted octanol–water partition coefficient (Wildman–Crippen LogP) is 2.65. The van der Waals surface area contributed by atoms with Crippen molar-refractivity contribution in [1.82, 2.24) is 10.2 Å². The van der Waals surface area contributed by atoms with Gasteiger partial charge in [-0.25, -0.2) is 0 Å². The van der Waals surface area contributed by atoms with Crippen LogP contribution in [-0.2, 0) is 4.74 Å². The summed E-state index contributed by atoms with van der Waals surface area (Å²) in [6, 6.07) is 1.46. The molecule has 116 valence electrons. The normalized spacial score (nSPS) is 39.5. The van der Waals surface area contributed by atoms with Crippen molar-refractivity contribution in [2.75, 3.05) is 26.7 Å². The Hall–Kier alpha value is -0.120. The van der Waals surface area contributed by atoms with Crippen LogP contribution in [0.15, 0.2) is 0 Å².